The summed E-state index contributed by atoms with van der Waals surface area (Å²) < 4.78 is 26.4. The molecule has 0 radical (unpaired) electrons. The van der Waals surface area contributed by atoms with Crippen molar-refractivity contribution >= 4 is 43.4 Å². The molecule has 0 amide bonds. The highest BCUT2D eigenvalue weighted by molar-refractivity contribution is 7.91. The van der Waals surface area contributed by atoms with Crippen LogP contribution in [0.4, 0.5) is 10.7 Å². The Hall–Kier alpha value is -1.56. The number of hydrogen-bond acceptors (Lipinski definition) is 8. The van der Waals surface area contributed by atoms with Crippen LogP contribution in [0.1, 0.15) is 17.8 Å². The van der Waals surface area contributed by atoms with E-state index in [1.54, 1.807) is 6.20 Å². The number of nitrogens with one attached hydrogen (secondary N) is 1. The number of nitro groups is 1. The fourth-order valence-corrected chi connectivity index (χ4v) is 4.61. The number of anilines is 1. The second kappa shape index (κ2) is 6.05. The highest BCUT2D eigenvalue weighted by Gasteiger charge is 2.25. The Morgan fingerprint density at radius 3 is 2.81 bits per heavy atom. The molecule has 2 rings (SSSR count). The van der Waals surface area contributed by atoms with Crippen LogP contribution < -0.4 is 10.5 Å². The Bertz CT molecular complexity index is 738. The first-order valence-corrected chi connectivity index (χ1v) is 8.92. The maximum absolute atomic E-state index is 12.1. The maximum atomic E-state index is 12.1. The van der Waals surface area contributed by atoms with Gasteiger partial charge in [0.1, 0.15) is 4.21 Å². The quantitative estimate of drug-likeness (QED) is 0.605. The van der Waals surface area contributed by atoms with Gasteiger partial charge in [0.15, 0.2) is 5.00 Å². The van der Waals surface area contributed by atoms with Crippen LogP contribution in [0.25, 0.3) is 0 Å². The van der Waals surface area contributed by atoms with Crippen molar-refractivity contribution in [3.05, 3.63) is 32.8 Å². The number of rotatable bonds is 6. The Labute approximate surface area is 128 Å². The molecule has 21 heavy (non-hydrogen) atoms. The Balaban J connectivity index is 2.12. The molecule has 1 unspecified atom stereocenters. The van der Waals surface area contributed by atoms with Crippen molar-refractivity contribution in [3.63, 3.8) is 0 Å². The zero-order valence-corrected chi connectivity index (χ0v) is 13.3. The number of thiophene rings is 1. The Kier molecular flexibility index (Phi) is 4.56. The summed E-state index contributed by atoms with van der Waals surface area (Å²) in [6.07, 6.45) is 1.65. The highest BCUT2D eigenvalue weighted by atomic mass is 32.2. The van der Waals surface area contributed by atoms with Crippen molar-refractivity contribution in [2.24, 2.45) is 0 Å². The molecule has 0 bridgehead atoms. The van der Waals surface area contributed by atoms with E-state index in [1.807, 2.05) is 12.3 Å². The van der Waals surface area contributed by atoms with Gasteiger partial charge in [0.25, 0.3) is 0 Å². The van der Waals surface area contributed by atoms with Crippen LogP contribution in [0.5, 0.6) is 0 Å². The third-order valence-electron chi connectivity index (χ3n) is 2.63. The second-order valence-electron chi connectivity index (χ2n) is 4.20. The van der Waals surface area contributed by atoms with Crippen molar-refractivity contribution < 1.29 is 13.3 Å². The van der Waals surface area contributed by atoms with Gasteiger partial charge in [-0.1, -0.05) is 18.3 Å². The van der Waals surface area contributed by atoms with Crippen LogP contribution in [0.3, 0.4) is 0 Å². The van der Waals surface area contributed by atoms with Crippen molar-refractivity contribution in [1.29, 1.82) is 0 Å². The number of hydrogen-bond donors (Lipinski definition) is 2. The van der Waals surface area contributed by atoms with Crippen LogP contribution >= 0.6 is 22.7 Å². The van der Waals surface area contributed by atoms with E-state index in [0.29, 0.717) is 11.3 Å². The number of nitrogens with zero attached hydrogens (tertiary/aromatic N) is 2. The molecule has 2 aromatic rings. The molecule has 0 aliphatic carbocycles. The van der Waals surface area contributed by atoms with Gasteiger partial charge < -0.3 is 5.73 Å². The summed E-state index contributed by atoms with van der Waals surface area (Å²) in [5.74, 6) is -0.0907. The van der Waals surface area contributed by atoms with Gasteiger partial charge in [-0.25, -0.2) is 18.1 Å². The summed E-state index contributed by atoms with van der Waals surface area (Å²) in [7, 11) is -3.82. The van der Waals surface area contributed by atoms with Crippen LogP contribution in [0, 0.1) is 10.1 Å². The van der Waals surface area contributed by atoms with E-state index in [4.69, 9.17) is 5.73 Å². The van der Waals surface area contributed by atoms with E-state index in [0.717, 1.165) is 11.1 Å². The molecule has 1 atom stereocenters. The van der Waals surface area contributed by atoms with Gasteiger partial charge in [0, 0.05) is 30.1 Å². The predicted molar refractivity (Wildman–Crippen MR) is 81.1 cm³/mol. The normalized spacial score (nSPS) is 13.2. The number of sulfonamides is 1. The monoisotopic (exact) mass is 348 g/mol. The number of nitrogens with two attached hydrogens (primary N) is 1. The molecule has 11 heteroatoms. The smallest absolute Gasteiger partial charge is 0.304 e. The van der Waals surface area contributed by atoms with Crippen molar-refractivity contribution in [2.75, 3.05) is 12.3 Å². The van der Waals surface area contributed by atoms with E-state index in [9.17, 15) is 18.5 Å². The van der Waals surface area contributed by atoms with Crippen LogP contribution in [0.2, 0.25) is 0 Å². The van der Waals surface area contributed by atoms with Gasteiger partial charge >= 0.3 is 5.69 Å². The number of thiazole rings is 1. The van der Waals surface area contributed by atoms with E-state index in [2.05, 4.69) is 9.71 Å². The molecule has 0 aromatic carbocycles. The van der Waals surface area contributed by atoms with Gasteiger partial charge in [-0.15, -0.1) is 11.3 Å². The molecule has 0 fully saturated rings. The van der Waals surface area contributed by atoms with Crippen molar-refractivity contribution in [2.45, 2.75) is 17.1 Å². The predicted octanol–water partition coefficient (Wildman–Crippen LogP) is 1.78. The fourth-order valence-electron chi connectivity index (χ4n) is 1.52. The molecule has 2 aromatic heterocycles. The summed E-state index contributed by atoms with van der Waals surface area (Å²) in [5, 5.41) is 13.2. The molecule has 0 saturated carbocycles. The Morgan fingerprint density at radius 1 is 1.57 bits per heavy atom. The van der Waals surface area contributed by atoms with Gasteiger partial charge in [-0.3, -0.25) is 10.1 Å². The fraction of sp³-hybridized carbons (Fsp3) is 0.300. The van der Waals surface area contributed by atoms with E-state index in [-0.39, 0.29) is 21.7 Å². The first-order valence-electron chi connectivity index (χ1n) is 5.74. The molecule has 2 heterocycles. The van der Waals surface area contributed by atoms with Crippen molar-refractivity contribution in [1.82, 2.24) is 9.71 Å². The van der Waals surface area contributed by atoms with E-state index >= 15 is 0 Å². The summed E-state index contributed by atoms with van der Waals surface area (Å²) in [5.41, 5.74) is 5.05. The lowest BCUT2D eigenvalue weighted by Gasteiger charge is -2.09. The summed E-state index contributed by atoms with van der Waals surface area (Å²) in [6.45, 7) is 1.99. The first kappa shape index (κ1) is 15.8. The summed E-state index contributed by atoms with van der Waals surface area (Å²) in [4.78, 5) is 14.1. The first-order chi connectivity index (χ1) is 9.81. The molecular formula is C10H12N4O4S3. The second-order valence-corrected chi connectivity index (χ2v) is 8.20. The largest absolute Gasteiger partial charge is 0.385 e. The van der Waals surface area contributed by atoms with Gasteiger partial charge in [-0.2, -0.15) is 0 Å². The molecular weight excluding hydrogens is 336 g/mol. The minimum atomic E-state index is -3.82. The van der Waals surface area contributed by atoms with Crippen LogP contribution in [-0.4, -0.2) is 24.9 Å². The van der Waals surface area contributed by atoms with Crippen LogP contribution in [-0.2, 0) is 10.0 Å². The molecule has 114 valence electrons. The molecule has 8 nitrogen and oxygen atoms in total. The molecule has 3 N–H and O–H groups in total. The average Bonchev–Trinajstić information content (AvgIpc) is 3.05. The van der Waals surface area contributed by atoms with E-state index < -0.39 is 20.6 Å². The molecule has 0 aliphatic rings. The van der Waals surface area contributed by atoms with Crippen molar-refractivity contribution in [3.8, 4) is 0 Å². The number of aromatic nitrogens is 1. The lowest BCUT2D eigenvalue weighted by atomic mass is 10.2. The summed E-state index contributed by atoms with van der Waals surface area (Å²) >= 11 is 2.11. The van der Waals surface area contributed by atoms with Gasteiger partial charge in [0.05, 0.1) is 9.93 Å². The zero-order valence-electron chi connectivity index (χ0n) is 10.8. The summed E-state index contributed by atoms with van der Waals surface area (Å²) in [6, 6.07) is 0.969. The third kappa shape index (κ3) is 3.56. The molecule has 0 saturated heterocycles. The van der Waals surface area contributed by atoms with Crippen LogP contribution in [0.15, 0.2) is 21.9 Å². The minimum Gasteiger partial charge on any atom is -0.385 e. The Morgan fingerprint density at radius 2 is 2.29 bits per heavy atom. The standard InChI is InChI=1S/C10H12N4O4S3/c1-6(10-12-2-3-19-10)5-13-21(17,18)8-4-7(14(15)16)9(11)20-8/h2-4,6,13H,5,11H2,1H3. The SMILES string of the molecule is CC(CNS(=O)(=O)c1cc([N+](=O)[O-])c(N)s1)c1nccs1. The lowest BCUT2D eigenvalue weighted by molar-refractivity contribution is -0.383. The lowest BCUT2D eigenvalue weighted by Crippen LogP contribution is -2.27. The maximum Gasteiger partial charge on any atom is 0.304 e. The van der Waals surface area contributed by atoms with Gasteiger partial charge in [0.2, 0.25) is 10.0 Å². The highest BCUT2D eigenvalue weighted by Crippen LogP contribution is 2.34. The number of nitrogen functional groups attached to an aromatic ring is 1. The van der Waals surface area contributed by atoms with E-state index in [1.165, 1.54) is 11.3 Å². The third-order valence-corrected chi connectivity index (χ3v) is 6.49. The zero-order chi connectivity index (χ0) is 15.6. The molecule has 0 aliphatic heterocycles. The topological polar surface area (TPSA) is 128 Å². The average molecular weight is 348 g/mol. The molecule has 0 spiro atoms. The minimum absolute atomic E-state index is 0.0907. The van der Waals surface area contributed by atoms with Gasteiger partial charge in [-0.05, 0) is 0 Å².